The molecule has 2 aromatic carbocycles. The molecule has 110 valence electrons. The maximum Gasteiger partial charge on any atom is 0.273 e. The number of nitrogens with zero attached hydrogens (tertiary/aromatic N) is 1. The number of hydrogen-bond acceptors (Lipinski definition) is 3. The summed E-state index contributed by atoms with van der Waals surface area (Å²) in [5, 5.41) is 14.4. The number of halogens is 1. The molecule has 0 bridgehead atoms. The van der Waals surface area contributed by atoms with Crippen molar-refractivity contribution >= 4 is 21.6 Å². The topological polar surface area (TPSA) is 55.2 Å². The lowest BCUT2D eigenvalue weighted by Crippen LogP contribution is -2.18. The minimum Gasteiger partial charge on any atom is -0.306 e. The molecule has 0 radical (unpaired) electrons. The van der Waals surface area contributed by atoms with E-state index in [1.165, 1.54) is 17.2 Å². The lowest BCUT2D eigenvalue weighted by Gasteiger charge is -2.15. The van der Waals surface area contributed by atoms with Crippen molar-refractivity contribution in [3.8, 4) is 0 Å². The normalized spacial score (nSPS) is 12.1. The first kappa shape index (κ1) is 15.7. The summed E-state index contributed by atoms with van der Waals surface area (Å²) < 4.78 is 0.841. The number of nitrogens with one attached hydrogen (secondary N) is 1. The van der Waals surface area contributed by atoms with Crippen LogP contribution in [0.25, 0.3) is 0 Å². The summed E-state index contributed by atoms with van der Waals surface area (Å²) in [6.45, 7) is 4.55. The van der Waals surface area contributed by atoms with Gasteiger partial charge in [-0.15, -0.1) is 0 Å². The van der Waals surface area contributed by atoms with Crippen molar-refractivity contribution < 1.29 is 4.92 Å². The van der Waals surface area contributed by atoms with Crippen LogP contribution in [-0.2, 0) is 6.54 Å². The number of benzene rings is 2. The molecule has 0 aliphatic rings. The molecule has 0 saturated heterocycles. The highest BCUT2D eigenvalue weighted by atomic mass is 79.9. The number of rotatable bonds is 5. The zero-order chi connectivity index (χ0) is 15.4. The van der Waals surface area contributed by atoms with Gasteiger partial charge in [0.15, 0.2) is 0 Å². The van der Waals surface area contributed by atoms with E-state index < -0.39 is 0 Å². The Morgan fingerprint density at radius 1 is 1.29 bits per heavy atom. The quantitative estimate of drug-likeness (QED) is 0.638. The number of hydrogen-bond donors (Lipinski definition) is 1. The summed E-state index contributed by atoms with van der Waals surface area (Å²) in [6, 6.07) is 13.4. The summed E-state index contributed by atoms with van der Waals surface area (Å²) in [7, 11) is 0. The molecule has 0 spiro atoms. The van der Waals surface area contributed by atoms with Gasteiger partial charge in [-0.1, -0.05) is 45.8 Å². The van der Waals surface area contributed by atoms with Gasteiger partial charge in [0, 0.05) is 28.7 Å². The monoisotopic (exact) mass is 348 g/mol. The molecule has 0 aromatic heterocycles. The van der Waals surface area contributed by atoms with Crippen molar-refractivity contribution in [1.29, 1.82) is 0 Å². The van der Waals surface area contributed by atoms with Crippen molar-refractivity contribution in [2.45, 2.75) is 26.4 Å². The Morgan fingerprint density at radius 3 is 2.71 bits per heavy atom. The van der Waals surface area contributed by atoms with E-state index in [0.717, 1.165) is 4.47 Å². The first-order valence-electron chi connectivity index (χ1n) is 6.70. The molecular formula is C16H17BrN2O2. The van der Waals surface area contributed by atoms with Crippen LogP contribution in [0.4, 0.5) is 5.69 Å². The second kappa shape index (κ2) is 6.83. The SMILES string of the molecule is Cc1cccc([C@H](C)NCc2cc(Br)ccc2[N+](=O)[O-])c1. The highest BCUT2D eigenvalue weighted by molar-refractivity contribution is 9.10. The summed E-state index contributed by atoms with van der Waals surface area (Å²) in [6.07, 6.45) is 0. The highest BCUT2D eigenvalue weighted by Gasteiger charge is 2.14. The van der Waals surface area contributed by atoms with Crippen LogP contribution < -0.4 is 5.32 Å². The van der Waals surface area contributed by atoms with Gasteiger partial charge in [0.05, 0.1) is 4.92 Å². The van der Waals surface area contributed by atoms with E-state index in [2.05, 4.69) is 53.3 Å². The molecule has 5 heteroatoms. The van der Waals surface area contributed by atoms with Crippen molar-refractivity contribution in [3.63, 3.8) is 0 Å². The van der Waals surface area contributed by atoms with Crippen molar-refractivity contribution in [1.82, 2.24) is 5.32 Å². The molecule has 0 aliphatic heterocycles. The lowest BCUT2D eigenvalue weighted by atomic mass is 10.1. The molecule has 4 nitrogen and oxygen atoms in total. The second-order valence-corrected chi connectivity index (χ2v) is 5.96. The van der Waals surface area contributed by atoms with Gasteiger partial charge in [0.2, 0.25) is 0 Å². The molecule has 0 saturated carbocycles. The molecule has 1 atom stereocenters. The van der Waals surface area contributed by atoms with Crippen LogP contribution in [0.5, 0.6) is 0 Å². The zero-order valence-electron chi connectivity index (χ0n) is 12.0. The maximum absolute atomic E-state index is 11.1. The minimum atomic E-state index is -0.346. The zero-order valence-corrected chi connectivity index (χ0v) is 13.6. The van der Waals surface area contributed by atoms with Gasteiger partial charge in [0.1, 0.15) is 0 Å². The average Bonchev–Trinajstić information content (AvgIpc) is 2.44. The summed E-state index contributed by atoms with van der Waals surface area (Å²) >= 11 is 3.36. The molecule has 2 aromatic rings. The smallest absolute Gasteiger partial charge is 0.273 e. The number of nitro benzene ring substituents is 1. The van der Waals surface area contributed by atoms with Gasteiger partial charge < -0.3 is 5.32 Å². The Balaban J connectivity index is 2.12. The predicted molar refractivity (Wildman–Crippen MR) is 87.2 cm³/mol. The maximum atomic E-state index is 11.1. The Kier molecular flexibility index (Phi) is 5.09. The van der Waals surface area contributed by atoms with Gasteiger partial charge in [-0.05, 0) is 31.5 Å². The Labute approximate surface area is 132 Å². The molecule has 2 rings (SSSR count). The van der Waals surface area contributed by atoms with Gasteiger partial charge in [0.25, 0.3) is 5.69 Å². The van der Waals surface area contributed by atoms with Crippen LogP contribution in [0, 0.1) is 17.0 Å². The molecule has 21 heavy (non-hydrogen) atoms. The third-order valence-corrected chi connectivity index (χ3v) is 3.87. The van der Waals surface area contributed by atoms with Crippen LogP contribution in [0.2, 0.25) is 0 Å². The van der Waals surface area contributed by atoms with E-state index >= 15 is 0 Å². The van der Waals surface area contributed by atoms with Crippen LogP contribution >= 0.6 is 15.9 Å². The second-order valence-electron chi connectivity index (χ2n) is 5.05. The summed E-state index contributed by atoms with van der Waals surface area (Å²) in [5.41, 5.74) is 3.19. The van der Waals surface area contributed by atoms with E-state index in [-0.39, 0.29) is 16.7 Å². The molecule has 0 heterocycles. The Morgan fingerprint density at radius 2 is 2.05 bits per heavy atom. The minimum absolute atomic E-state index is 0.128. The molecular weight excluding hydrogens is 332 g/mol. The molecule has 0 amide bonds. The molecule has 0 unspecified atom stereocenters. The van der Waals surface area contributed by atoms with Gasteiger partial charge in [-0.25, -0.2) is 0 Å². The molecule has 0 aliphatic carbocycles. The van der Waals surface area contributed by atoms with Crippen molar-refractivity contribution in [2.24, 2.45) is 0 Å². The van der Waals surface area contributed by atoms with E-state index in [1.54, 1.807) is 12.1 Å². The van der Waals surface area contributed by atoms with E-state index in [1.807, 2.05) is 6.07 Å². The number of nitro groups is 1. The van der Waals surface area contributed by atoms with Crippen LogP contribution in [-0.4, -0.2) is 4.92 Å². The fourth-order valence-electron chi connectivity index (χ4n) is 2.19. The average molecular weight is 349 g/mol. The molecule has 0 fully saturated rings. The van der Waals surface area contributed by atoms with Crippen molar-refractivity contribution in [3.05, 3.63) is 73.7 Å². The fraction of sp³-hybridized carbons (Fsp3) is 0.250. The van der Waals surface area contributed by atoms with Crippen LogP contribution in [0.15, 0.2) is 46.9 Å². The van der Waals surface area contributed by atoms with Crippen LogP contribution in [0.1, 0.15) is 29.7 Å². The first-order chi connectivity index (χ1) is 9.97. The summed E-state index contributed by atoms with van der Waals surface area (Å²) in [4.78, 5) is 10.7. The lowest BCUT2D eigenvalue weighted by molar-refractivity contribution is -0.385. The van der Waals surface area contributed by atoms with E-state index in [4.69, 9.17) is 0 Å². The Hall–Kier alpha value is -1.72. The van der Waals surface area contributed by atoms with Gasteiger partial charge >= 0.3 is 0 Å². The first-order valence-corrected chi connectivity index (χ1v) is 7.49. The predicted octanol–water partition coefficient (Wildman–Crippen LogP) is 4.52. The largest absolute Gasteiger partial charge is 0.306 e. The van der Waals surface area contributed by atoms with E-state index in [9.17, 15) is 10.1 Å². The Bertz CT molecular complexity index is 658. The highest BCUT2D eigenvalue weighted by Crippen LogP contribution is 2.24. The fourth-order valence-corrected chi connectivity index (χ4v) is 2.60. The number of aryl methyl sites for hydroxylation is 1. The van der Waals surface area contributed by atoms with Gasteiger partial charge in [-0.2, -0.15) is 0 Å². The van der Waals surface area contributed by atoms with Gasteiger partial charge in [-0.3, -0.25) is 10.1 Å². The third kappa shape index (κ3) is 4.12. The van der Waals surface area contributed by atoms with Crippen LogP contribution in [0.3, 0.4) is 0 Å². The molecule has 1 N–H and O–H groups in total. The third-order valence-electron chi connectivity index (χ3n) is 3.38. The van der Waals surface area contributed by atoms with Crippen molar-refractivity contribution in [2.75, 3.05) is 0 Å². The van der Waals surface area contributed by atoms with E-state index in [0.29, 0.717) is 12.1 Å². The standard InChI is InChI=1S/C16H17BrN2O2/c1-11-4-3-5-13(8-11)12(2)18-10-14-9-15(17)6-7-16(14)19(20)21/h3-9,12,18H,10H2,1-2H3/t12-/m0/s1. The summed E-state index contributed by atoms with van der Waals surface area (Å²) in [5.74, 6) is 0.